The first-order valence-electron chi connectivity index (χ1n) is 6.56. The van der Waals surface area contributed by atoms with E-state index in [0.717, 1.165) is 5.57 Å². The Balaban J connectivity index is 2.69. The number of rotatable bonds is 6. The molecule has 0 unspecified atom stereocenters. The average Bonchev–Trinajstić information content (AvgIpc) is 2.49. The van der Waals surface area contributed by atoms with Crippen molar-refractivity contribution < 1.29 is 9.90 Å². The van der Waals surface area contributed by atoms with Gasteiger partial charge in [-0.2, -0.15) is 0 Å². The summed E-state index contributed by atoms with van der Waals surface area (Å²) in [7, 11) is 0. The molecule has 0 heterocycles. The molecule has 4 nitrogen and oxygen atoms in total. The van der Waals surface area contributed by atoms with Gasteiger partial charge in [-0.05, 0) is 36.8 Å². The summed E-state index contributed by atoms with van der Waals surface area (Å²) in [6.07, 6.45) is 9.11. The molecule has 1 aromatic carbocycles. The third-order valence-electron chi connectivity index (χ3n) is 2.74. The second kappa shape index (κ2) is 8.43. The number of nitrogens with two attached hydrogens (primary N) is 1. The monoisotopic (exact) mass is 284 g/mol. The van der Waals surface area contributed by atoms with Gasteiger partial charge in [0.15, 0.2) is 0 Å². The van der Waals surface area contributed by atoms with Gasteiger partial charge in [-0.3, -0.25) is 4.79 Å². The third-order valence-corrected chi connectivity index (χ3v) is 2.74. The molecule has 0 spiro atoms. The van der Waals surface area contributed by atoms with Gasteiger partial charge in [0.05, 0.1) is 6.54 Å². The fraction of sp³-hybridized carbons (Fsp3) is 0.118. The fourth-order valence-electron chi connectivity index (χ4n) is 1.57. The van der Waals surface area contributed by atoms with Gasteiger partial charge < -0.3 is 16.2 Å². The minimum absolute atomic E-state index is 0.119. The Morgan fingerprint density at radius 1 is 1.33 bits per heavy atom. The molecule has 0 fully saturated rings. The highest BCUT2D eigenvalue weighted by atomic mass is 16.3. The lowest BCUT2D eigenvalue weighted by Crippen LogP contribution is -2.28. The third kappa shape index (κ3) is 5.40. The molecule has 0 saturated heterocycles. The van der Waals surface area contributed by atoms with Crippen molar-refractivity contribution >= 4 is 5.91 Å². The van der Waals surface area contributed by atoms with Gasteiger partial charge in [0.25, 0.3) is 5.91 Å². The van der Waals surface area contributed by atoms with Gasteiger partial charge >= 0.3 is 0 Å². The summed E-state index contributed by atoms with van der Waals surface area (Å²) in [5, 5.41) is 11.9. The zero-order valence-electron chi connectivity index (χ0n) is 12.0. The van der Waals surface area contributed by atoms with E-state index < -0.39 is 0 Å². The first-order chi connectivity index (χ1) is 10.1. The maximum absolute atomic E-state index is 11.9. The van der Waals surface area contributed by atoms with E-state index in [0.29, 0.717) is 11.3 Å². The Morgan fingerprint density at radius 2 is 2.00 bits per heavy atom. The summed E-state index contributed by atoms with van der Waals surface area (Å²) < 4.78 is 0. The number of hydrogen-bond donors (Lipinski definition) is 3. The highest BCUT2D eigenvalue weighted by molar-refractivity contribution is 5.94. The first kappa shape index (κ1) is 16.3. The highest BCUT2D eigenvalue weighted by Crippen LogP contribution is 2.09. The highest BCUT2D eigenvalue weighted by Gasteiger charge is 2.05. The molecule has 0 aliphatic rings. The SMILES string of the molecule is C=CC(/C=C\C=C/C)=C(\N)CNC(=O)c1ccc(O)cc1. The number of carbonyl (C=O) groups is 1. The summed E-state index contributed by atoms with van der Waals surface area (Å²) in [5.41, 5.74) is 7.69. The summed E-state index contributed by atoms with van der Waals surface area (Å²) in [5.74, 6) is -0.132. The van der Waals surface area contributed by atoms with Crippen LogP contribution in [0.15, 0.2) is 72.5 Å². The van der Waals surface area contributed by atoms with Crippen LogP contribution in [-0.4, -0.2) is 17.6 Å². The van der Waals surface area contributed by atoms with Gasteiger partial charge in [0.2, 0.25) is 0 Å². The molecule has 1 rings (SSSR count). The lowest BCUT2D eigenvalue weighted by atomic mass is 10.1. The molecular formula is C17H20N2O2. The first-order valence-corrected chi connectivity index (χ1v) is 6.56. The summed E-state index contributed by atoms with van der Waals surface area (Å²) in [6.45, 7) is 5.85. The van der Waals surface area contributed by atoms with Crippen molar-refractivity contribution in [1.82, 2.24) is 5.32 Å². The van der Waals surface area contributed by atoms with Crippen LogP contribution in [0.2, 0.25) is 0 Å². The number of aromatic hydroxyl groups is 1. The number of nitrogens with one attached hydrogen (secondary N) is 1. The lowest BCUT2D eigenvalue weighted by Gasteiger charge is -2.08. The van der Waals surface area contributed by atoms with Crippen LogP contribution in [0.5, 0.6) is 5.75 Å². The van der Waals surface area contributed by atoms with Crippen molar-refractivity contribution in [2.45, 2.75) is 6.92 Å². The van der Waals surface area contributed by atoms with Gasteiger partial charge in [0.1, 0.15) is 5.75 Å². The van der Waals surface area contributed by atoms with Crippen LogP contribution in [0.1, 0.15) is 17.3 Å². The lowest BCUT2D eigenvalue weighted by molar-refractivity contribution is 0.0957. The van der Waals surface area contributed by atoms with E-state index in [-0.39, 0.29) is 18.2 Å². The number of hydrogen-bond acceptors (Lipinski definition) is 3. The molecule has 0 aromatic heterocycles. The van der Waals surface area contributed by atoms with E-state index in [9.17, 15) is 9.90 Å². The van der Waals surface area contributed by atoms with Crippen molar-refractivity contribution in [1.29, 1.82) is 0 Å². The Kier molecular flexibility index (Phi) is 6.54. The Bertz CT molecular complexity index is 581. The van der Waals surface area contributed by atoms with Crippen molar-refractivity contribution in [2.24, 2.45) is 5.73 Å². The summed E-state index contributed by atoms with van der Waals surface area (Å²) >= 11 is 0. The van der Waals surface area contributed by atoms with E-state index in [1.807, 2.05) is 31.2 Å². The maximum Gasteiger partial charge on any atom is 0.251 e. The molecule has 0 radical (unpaired) electrons. The van der Waals surface area contributed by atoms with Crippen LogP contribution >= 0.6 is 0 Å². The Morgan fingerprint density at radius 3 is 2.57 bits per heavy atom. The fourth-order valence-corrected chi connectivity index (χ4v) is 1.57. The molecule has 4 heteroatoms. The predicted molar refractivity (Wildman–Crippen MR) is 85.8 cm³/mol. The molecule has 1 aromatic rings. The number of allylic oxidation sites excluding steroid dienone is 6. The summed E-state index contributed by atoms with van der Waals surface area (Å²) in [6, 6.07) is 6.02. The van der Waals surface area contributed by atoms with E-state index >= 15 is 0 Å². The van der Waals surface area contributed by atoms with E-state index in [1.165, 1.54) is 12.1 Å². The van der Waals surface area contributed by atoms with Gasteiger partial charge in [-0.1, -0.05) is 37.0 Å². The second-order valence-electron chi connectivity index (χ2n) is 4.30. The van der Waals surface area contributed by atoms with Crippen molar-refractivity contribution in [3.05, 3.63) is 78.1 Å². The van der Waals surface area contributed by atoms with Crippen LogP contribution in [0.3, 0.4) is 0 Å². The van der Waals surface area contributed by atoms with E-state index in [1.54, 1.807) is 18.2 Å². The minimum atomic E-state index is -0.251. The quantitative estimate of drug-likeness (QED) is 0.703. The molecule has 4 N–H and O–H groups in total. The van der Waals surface area contributed by atoms with Crippen molar-refractivity contribution in [3.63, 3.8) is 0 Å². The van der Waals surface area contributed by atoms with E-state index in [2.05, 4.69) is 11.9 Å². The molecule has 0 saturated carbocycles. The Hall–Kier alpha value is -2.75. The Labute approximate surface area is 125 Å². The van der Waals surface area contributed by atoms with Crippen LogP contribution in [0, 0.1) is 0 Å². The van der Waals surface area contributed by atoms with E-state index in [4.69, 9.17) is 5.73 Å². The molecular weight excluding hydrogens is 264 g/mol. The maximum atomic E-state index is 11.9. The topological polar surface area (TPSA) is 75.3 Å². The zero-order chi connectivity index (χ0) is 15.7. The van der Waals surface area contributed by atoms with Crippen LogP contribution in [0.4, 0.5) is 0 Å². The average molecular weight is 284 g/mol. The molecule has 1 amide bonds. The summed E-state index contributed by atoms with van der Waals surface area (Å²) in [4.78, 5) is 11.9. The molecule has 110 valence electrons. The number of amides is 1. The van der Waals surface area contributed by atoms with Gasteiger partial charge in [0, 0.05) is 11.3 Å². The standard InChI is InChI=1S/C17H20N2O2/c1-3-5-6-7-13(4-2)16(18)12-19-17(21)14-8-10-15(20)11-9-14/h3-11,20H,2,12,18H2,1H3,(H,19,21)/b5-3-,7-6-,16-13+. The molecule has 0 bridgehead atoms. The molecule has 21 heavy (non-hydrogen) atoms. The van der Waals surface area contributed by atoms with Crippen molar-refractivity contribution in [3.8, 4) is 5.75 Å². The van der Waals surface area contributed by atoms with Gasteiger partial charge in [-0.25, -0.2) is 0 Å². The number of phenolic OH excluding ortho intramolecular Hbond substituents is 1. The smallest absolute Gasteiger partial charge is 0.251 e. The molecule has 0 atom stereocenters. The normalized spacial score (nSPS) is 12.4. The largest absolute Gasteiger partial charge is 0.508 e. The second-order valence-corrected chi connectivity index (χ2v) is 4.30. The number of benzene rings is 1. The number of carbonyl (C=O) groups excluding carboxylic acids is 1. The molecule has 0 aliphatic carbocycles. The number of phenols is 1. The van der Waals surface area contributed by atoms with Crippen LogP contribution in [-0.2, 0) is 0 Å². The van der Waals surface area contributed by atoms with Crippen molar-refractivity contribution in [2.75, 3.05) is 6.54 Å². The predicted octanol–water partition coefficient (Wildman–Crippen LogP) is 2.65. The zero-order valence-corrected chi connectivity index (χ0v) is 12.0. The minimum Gasteiger partial charge on any atom is -0.508 e. The molecule has 0 aliphatic heterocycles. The van der Waals surface area contributed by atoms with Crippen LogP contribution < -0.4 is 11.1 Å². The van der Waals surface area contributed by atoms with Crippen LogP contribution in [0.25, 0.3) is 0 Å². The van der Waals surface area contributed by atoms with Gasteiger partial charge in [-0.15, -0.1) is 0 Å².